The number of carbonyl (C=O) groups excluding carboxylic acids is 2. The summed E-state index contributed by atoms with van der Waals surface area (Å²) in [6.07, 6.45) is -2.58. The largest absolute Gasteiger partial charge is 0.447 e. The van der Waals surface area contributed by atoms with Gasteiger partial charge in [0.15, 0.2) is 17.5 Å². The van der Waals surface area contributed by atoms with E-state index >= 15 is 0 Å². The molecule has 0 spiro atoms. The molecule has 160 valence electrons. The third kappa shape index (κ3) is 3.64. The number of alkyl halides is 3. The number of rotatable bonds is 3. The van der Waals surface area contributed by atoms with Gasteiger partial charge in [-0.1, -0.05) is 0 Å². The number of urea groups is 1. The number of amides is 3. The molecule has 2 aliphatic heterocycles. The Morgan fingerprint density at radius 1 is 1.30 bits per heavy atom. The number of hydrogen-bond donors (Lipinski definition) is 2. The number of nitrogens with one attached hydrogen (secondary N) is 2. The molecule has 2 bridgehead atoms. The number of anilines is 3. The van der Waals surface area contributed by atoms with Crippen molar-refractivity contribution in [3.63, 3.8) is 0 Å². The molecular weight excluding hydrogens is 405 g/mol. The van der Waals surface area contributed by atoms with Gasteiger partial charge in [-0.3, -0.25) is 15.0 Å². The number of fused-ring (bicyclic) bond motifs is 4. The van der Waals surface area contributed by atoms with E-state index in [2.05, 4.69) is 15.3 Å². The fraction of sp³-hybridized carbons (Fsp3) is 0.444. The van der Waals surface area contributed by atoms with Crippen LogP contribution in [0.1, 0.15) is 29.7 Å². The Hall–Kier alpha value is -3.31. The topological polar surface area (TPSA) is 104 Å². The summed E-state index contributed by atoms with van der Waals surface area (Å²) in [6.45, 7) is 3.77. The van der Waals surface area contributed by atoms with E-state index in [4.69, 9.17) is 4.42 Å². The van der Waals surface area contributed by atoms with Crippen LogP contribution >= 0.6 is 0 Å². The van der Waals surface area contributed by atoms with Gasteiger partial charge in [-0.2, -0.15) is 18.2 Å². The molecule has 2 atom stereocenters. The van der Waals surface area contributed by atoms with Gasteiger partial charge < -0.3 is 14.6 Å². The normalized spacial score (nSPS) is 18.8. The van der Waals surface area contributed by atoms with Crippen LogP contribution in [0.2, 0.25) is 0 Å². The molecule has 2 aromatic rings. The van der Waals surface area contributed by atoms with Gasteiger partial charge >= 0.3 is 12.2 Å². The third-order valence-corrected chi connectivity index (χ3v) is 5.10. The van der Waals surface area contributed by atoms with Gasteiger partial charge in [0.25, 0.3) is 5.91 Å². The van der Waals surface area contributed by atoms with Gasteiger partial charge in [0.1, 0.15) is 18.0 Å². The van der Waals surface area contributed by atoms with Crippen LogP contribution in [0.4, 0.5) is 35.3 Å². The number of oxazole rings is 1. The van der Waals surface area contributed by atoms with Crippen molar-refractivity contribution in [1.29, 1.82) is 0 Å². The molecule has 2 aromatic heterocycles. The minimum Gasteiger partial charge on any atom is -0.447 e. The highest BCUT2D eigenvalue weighted by Crippen LogP contribution is 2.39. The lowest BCUT2D eigenvalue weighted by Crippen LogP contribution is -2.49. The van der Waals surface area contributed by atoms with Gasteiger partial charge in [0.2, 0.25) is 0 Å². The highest BCUT2D eigenvalue weighted by Gasteiger charge is 2.41. The number of aryl methyl sites for hydroxylation is 1. The predicted molar refractivity (Wildman–Crippen MR) is 101 cm³/mol. The van der Waals surface area contributed by atoms with Crippen LogP contribution in [0.5, 0.6) is 0 Å². The van der Waals surface area contributed by atoms with E-state index in [0.29, 0.717) is 31.1 Å². The Morgan fingerprint density at radius 3 is 2.73 bits per heavy atom. The van der Waals surface area contributed by atoms with Crippen LogP contribution in [0.25, 0.3) is 0 Å². The van der Waals surface area contributed by atoms with E-state index in [-0.39, 0.29) is 23.4 Å². The fourth-order valence-corrected chi connectivity index (χ4v) is 3.54. The maximum atomic E-state index is 12.9. The number of hydrogen-bond acceptors (Lipinski definition) is 6. The van der Waals surface area contributed by atoms with Crippen molar-refractivity contribution in [3.05, 3.63) is 30.0 Å². The van der Waals surface area contributed by atoms with Gasteiger partial charge in [-0.05, 0) is 25.5 Å². The summed E-state index contributed by atoms with van der Waals surface area (Å²) < 4.78 is 43.4. The highest BCUT2D eigenvalue weighted by molar-refractivity contribution is 6.04. The Bertz CT molecular complexity index is 992. The van der Waals surface area contributed by atoms with E-state index < -0.39 is 24.2 Å². The average molecular weight is 424 g/mol. The number of carbonyl (C=O) groups is 2. The van der Waals surface area contributed by atoms with Crippen molar-refractivity contribution >= 4 is 29.3 Å². The van der Waals surface area contributed by atoms with Crippen molar-refractivity contribution in [2.24, 2.45) is 0 Å². The summed E-state index contributed by atoms with van der Waals surface area (Å²) in [5.41, 5.74) is 0.429. The average Bonchev–Trinajstić information content (AvgIpc) is 3.27. The molecule has 4 heterocycles. The Morgan fingerprint density at radius 2 is 2.07 bits per heavy atom. The summed E-state index contributed by atoms with van der Waals surface area (Å²) >= 11 is 0. The van der Waals surface area contributed by atoms with Crippen LogP contribution in [0.15, 0.2) is 22.8 Å². The second-order valence-electron chi connectivity index (χ2n) is 7.22. The zero-order chi connectivity index (χ0) is 21.6. The number of nitrogens with zero attached hydrogens (tertiary/aromatic N) is 4. The first-order valence-corrected chi connectivity index (χ1v) is 9.29. The van der Waals surface area contributed by atoms with Gasteiger partial charge in [-0.15, -0.1) is 0 Å². The van der Waals surface area contributed by atoms with Crippen molar-refractivity contribution < 1.29 is 27.2 Å². The summed E-state index contributed by atoms with van der Waals surface area (Å²) in [4.78, 5) is 37.0. The van der Waals surface area contributed by atoms with Crippen LogP contribution in [-0.2, 0) is 0 Å². The Balaban J connectivity index is 1.62. The monoisotopic (exact) mass is 424 g/mol. The zero-order valence-corrected chi connectivity index (χ0v) is 16.2. The number of pyridine rings is 1. The molecular formula is C18H19F3N6O3. The first-order chi connectivity index (χ1) is 14.1. The molecule has 3 amide bonds. The zero-order valence-electron chi connectivity index (χ0n) is 16.2. The molecule has 1 fully saturated rings. The first kappa shape index (κ1) is 20.0. The highest BCUT2D eigenvalue weighted by atomic mass is 19.4. The molecule has 2 N–H and O–H groups in total. The smallest absolute Gasteiger partial charge is 0.408 e. The van der Waals surface area contributed by atoms with Gasteiger partial charge in [0, 0.05) is 20.0 Å². The summed E-state index contributed by atoms with van der Waals surface area (Å²) in [7, 11) is 0. The van der Waals surface area contributed by atoms with E-state index in [1.54, 1.807) is 13.0 Å². The van der Waals surface area contributed by atoms with Crippen LogP contribution < -0.4 is 20.4 Å². The lowest BCUT2D eigenvalue weighted by molar-refractivity contribution is -0.149. The first-order valence-electron chi connectivity index (χ1n) is 9.29. The summed E-state index contributed by atoms with van der Waals surface area (Å²) in [5.74, 6) is -0.142. The SMILES string of the molecule is Cc1nc(NC(=O)N2c3nc(C(=O)N[C@H](C)C(F)(F)F)ccc3N3CCC2C3)co1. The minimum absolute atomic E-state index is 0.189. The van der Waals surface area contributed by atoms with Crippen molar-refractivity contribution in [2.75, 3.05) is 28.2 Å². The quantitative estimate of drug-likeness (QED) is 0.785. The molecule has 0 aliphatic carbocycles. The maximum Gasteiger partial charge on any atom is 0.408 e. The molecule has 4 rings (SSSR count). The third-order valence-electron chi connectivity index (χ3n) is 5.10. The van der Waals surface area contributed by atoms with E-state index in [0.717, 1.165) is 6.92 Å². The fourth-order valence-electron chi connectivity index (χ4n) is 3.54. The van der Waals surface area contributed by atoms with Crippen LogP contribution in [0, 0.1) is 6.92 Å². The molecule has 2 aliphatic rings. The maximum absolute atomic E-state index is 12.9. The molecule has 0 aromatic carbocycles. The van der Waals surface area contributed by atoms with E-state index in [1.165, 1.54) is 17.2 Å². The molecule has 30 heavy (non-hydrogen) atoms. The van der Waals surface area contributed by atoms with Crippen LogP contribution in [-0.4, -0.2) is 53.3 Å². The lowest BCUT2D eigenvalue weighted by Gasteiger charge is -2.35. The van der Waals surface area contributed by atoms with Gasteiger partial charge in [-0.25, -0.2) is 9.78 Å². The number of aromatic nitrogens is 2. The molecule has 12 heteroatoms. The Kier molecular flexibility index (Phi) is 4.79. The molecule has 0 saturated carbocycles. The minimum atomic E-state index is -4.57. The second-order valence-corrected chi connectivity index (χ2v) is 7.22. The Labute approximate surface area is 169 Å². The molecule has 0 radical (unpaired) electrons. The number of halogens is 3. The van der Waals surface area contributed by atoms with Crippen LogP contribution in [0.3, 0.4) is 0 Å². The summed E-state index contributed by atoms with van der Waals surface area (Å²) in [5, 5.41) is 4.52. The standard InChI is InChI=1S/C18H19F3N6O3/c1-9(18(19,20)21)22-16(28)12-3-4-13-15(24-12)27(11-5-6-26(13)7-11)17(29)25-14-8-30-10(2)23-14/h3-4,8-9,11H,5-7H2,1-2H3,(H,22,28)(H,25,29)/t9-,11?/m1/s1. The van der Waals surface area contributed by atoms with E-state index in [9.17, 15) is 22.8 Å². The molecule has 1 unspecified atom stereocenters. The summed E-state index contributed by atoms with van der Waals surface area (Å²) in [6, 6.07) is 0.220. The molecule has 1 saturated heterocycles. The van der Waals surface area contributed by atoms with Crippen molar-refractivity contribution in [1.82, 2.24) is 15.3 Å². The molecule has 9 nitrogen and oxygen atoms in total. The van der Waals surface area contributed by atoms with Gasteiger partial charge in [0.05, 0.1) is 11.7 Å². The predicted octanol–water partition coefficient (Wildman–Crippen LogP) is 2.69. The van der Waals surface area contributed by atoms with Crippen molar-refractivity contribution in [2.45, 2.75) is 38.5 Å². The van der Waals surface area contributed by atoms with Crippen molar-refractivity contribution in [3.8, 4) is 0 Å². The van der Waals surface area contributed by atoms with E-state index in [1.807, 2.05) is 10.2 Å². The lowest BCUT2D eigenvalue weighted by atomic mass is 10.1. The second kappa shape index (κ2) is 7.18.